The molecular weight excluding hydrogens is 1480 g/mol. The van der Waals surface area contributed by atoms with Gasteiger partial charge in [-0.05, 0) is 132 Å². The van der Waals surface area contributed by atoms with E-state index in [0.717, 1.165) is 117 Å². The molecule has 17 aromatic carbocycles. The lowest BCUT2D eigenvalue weighted by molar-refractivity contribution is 1.07. The molecule has 0 bridgehead atoms. The molecule has 0 amide bonds. The molecule has 25 aromatic rings. The van der Waals surface area contributed by atoms with Crippen LogP contribution >= 0.6 is 22.7 Å². The quantitative estimate of drug-likeness (QED) is 0.128. The number of hydrogen-bond donors (Lipinski definition) is 0. The highest BCUT2D eigenvalue weighted by molar-refractivity contribution is 7.27. The Kier molecular flexibility index (Phi) is 14.6. The van der Waals surface area contributed by atoms with Crippen molar-refractivity contribution in [3.63, 3.8) is 0 Å². The van der Waals surface area contributed by atoms with Crippen LogP contribution < -0.4 is 0 Å². The van der Waals surface area contributed by atoms with Crippen LogP contribution in [-0.4, -0.2) is 48.2 Å². The summed E-state index contributed by atoms with van der Waals surface area (Å²) in [6, 6.07) is 136. The standard InChI is InChI=1S/C106H62N10S2/c1-5-24-63(25-6-1)101-107-102(64-26-7-2-8-27-64)109-105(108-101)67-44-47-69(48-45-67)115-92-59-70(113-87-39-19-15-34-75(87)76-35-16-20-40-88(76)113)49-51-77(92)80-53-54-81-85-58-68(46-57-96(85)118-100(81)99(80)115)72-38-23-42-91-98(72)83-37-17-21-41-89(83)114(91)71-50-52-78-84-61-86-79-36-18-22-43-95(79)117-97(86)62-94(84)116(93(78)60-71)90-56-55-82(73-32-13-14-33-74(73)90)106-111-103(65-28-9-3-10-29-65)110-104(112-106)66-30-11-4-12-31-66/h1-62H. The lowest BCUT2D eigenvalue weighted by Crippen LogP contribution is -2.02. The van der Waals surface area contributed by atoms with Crippen molar-refractivity contribution in [1.29, 1.82) is 0 Å². The lowest BCUT2D eigenvalue weighted by Gasteiger charge is -2.16. The Morgan fingerprint density at radius 2 is 0.610 bits per heavy atom. The summed E-state index contributed by atoms with van der Waals surface area (Å²) < 4.78 is 14.9. The molecule has 25 rings (SSSR count). The van der Waals surface area contributed by atoms with Crippen molar-refractivity contribution in [3.8, 4) is 102 Å². The first-order valence-corrected chi connectivity index (χ1v) is 41.4. The molecule has 0 unspecified atom stereocenters. The molecule has 0 spiro atoms. The van der Waals surface area contributed by atoms with E-state index in [1.165, 1.54) is 89.0 Å². The van der Waals surface area contributed by atoms with E-state index in [2.05, 4.69) is 322 Å². The van der Waals surface area contributed by atoms with Gasteiger partial charge >= 0.3 is 0 Å². The van der Waals surface area contributed by atoms with Crippen LogP contribution in [0.2, 0.25) is 0 Å². The van der Waals surface area contributed by atoms with E-state index in [-0.39, 0.29) is 0 Å². The Labute approximate surface area is 682 Å². The molecule has 12 heteroatoms. The van der Waals surface area contributed by atoms with Gasteiger partial charge in [0.15, 0.2) is 34.9 Å². The number of thiophene rings is 2. The van der Waals surface area contributed by atoms with Crippen LogP contribution in [0.4, 0.5) is 0 Å². The van der Waals surface area contributed by atoms with E-state index < -0.39 is 0 Å². The number of rotatable bonds is 11. The minimum Gasteiger partial charge on any atom is -0.309 e. The van der Waals surface area contributed by atoms with Gasteiger partial charge in [-0.2, -0.15) is 0 Å². The second kappa shape index (κ2) is 26.1. The summed E-state index contributed by atoms with van der Waals surface area (Å²) in [7, 11) is 0. The highest BCUT2D eigenvalue weighted by atomic mass is 32.1. The van der Waals surface area contributed by atoms with Crippen LogP contribution in [0, 0.1) is 0 Å². The van der Waals surface area contributed by atoms with Gasteiger partial charge in [-0.25, -0.2) is 29.9 Å². The molecule has 0 atom stereocenters. The van der Waals surface area contributed by atoms with Gasteiger partial charge in [0.1, 0.15) is 0 Å². The molecule has 0 fully saturated rings. The monoisotopic (exact) mass is 1540 g/mol. The Balaban J connectivity index is 0.658. The SMILES string of the molecule is c1ccc(-c2nc(-c3ccccc3)nc(-c3ccc(-n4c5cc(-n6c7ccccc7c7ccccc76)ccc5c5ccc6c7cc(-c8cccc9c8c8ccccc8n9-c8ccc9c%10cc%11c(cc%10n(-c%10ccc(-c%12nc(-c%13ccccc%13)nc(-c%13ccccc%13)n%12)c%12ccccc%10%12)c9c8)sc8ccccc8%11)ccc7sc6c54)cc3)n2)cc1. The number of benzene rings is 17. The van der Waals surface area contributed by atoms with E-state index in [1.54, 1.807) is 0 Å². The molecular formula is C106H62N10S2. The molecule has 0 saturated heterocycles. The number of nitrogens with zero attached hydrogens (tertiary/aromatic N) is 10. The summed E-state index contributed by atoms with van der Waals surface area (Å²) in [6.07, 6.45) is 0. The van der Waals surface area contributed by atoms with Crippen LogP contribution in [0.1, 0.15) is 0 Å². The zero-order valence-corrected chi connectivity index (χ0v) is 64.7. The molecule has 0 radical (unpaired) electrons. The fraction of sp³-hybridized carbons (Fsp3) is 0. The maximum absolute atomic E-state index is 5.27. The third-order valence-electron chi connectivity index (χ3n) is 23.9. The van der Waals surface area contributed by atoms with Gasteiger partial charge in [0.25, 0.3) is 0 Å². The summed E-state index contributed by atoms with van der Waals surface area (Å²) in [5.41, 5.74) is 21.2. The van der Waals surface area contributed by atoms with Crippen molar-refractivity contribution >= 4 is 161 Å². The number of fused-ring (bicyclic) bond motifs is 20. The average Bonchev–Trinajstić information content (AvgIpc) is 1.55. The summed E-state index contributed by atoms with van der Waals surface area (Å²) in [5, 5.41) is 16.6. The highest BCUT2D eigenvalue weighted by Crippen LogP contribution is 2.49. The summed E-state index contributed by atoms with van der Waals surface area (Å²) in [4.78, 5) is 31.0. The second-order valence-corrected chi connectivity index (χ2v) is 32.5. The number of aromatic nitrogens is 10. The predicted molar refractivity (Wildman–Crippen MR) is 492 cm³/mol. The maximum Gasteiger partial charge on any atom is 0.164 e. The van der Waals surface area contributed by atoms with Crippen LogP contribution in [0.5, 0.6) is 0 Å². The van der Waals surface area contributed by atoms with Gasteiger partial charge < -0.3 is 18.3 Å². The Morgan fingerprint density at radius 1 is 0.186 bits per heavy atom. The largest absolute Gasteiger partial charge is 0.309 e. The summed E-state index contributed by atoms with van der Waals surface area (Å²) >= 11 is 3.72. The summed E-state index contributed by atoms with van der Waals surface area (Å²) in [6.45, 7) is 0. The Morgan fingerprint density at radius 3 is 1.22 bits per heavy atom. The van der Waals surface area contributed by atoms with Gasteiger partial charge in [0.2, 0.25) is 0 Å². The minimum absolute atomic E-state index is 0.608. The lowest BCUT2D eigenvalue weighted by atomic mass is 9.97. The van der Waals surface area contributed by atoms with E-state index in [0.29, 0.717) is 34.9 Å². The van der Waals surface area contributed by atoms with Crippen molar-refractivity contribution in [2.75, 3.05) is 0 Å². The van der Waals surface area contributed by atoms with Crippen LogP contribution in [0.3, 0.4) is 0 Å². The van der Waals surface area contributed by atoms with E-state index in [9.17, 15) is 0 Å². The van der Waals surface area contributed by atoms with Crippen molar-refractivity contribution in [1.82, 2.24) is 48.2 Å². The molecule has 8 aromatic heterocycles. The first-order chi connectivity index (χ1) is 58.5. The molecule has 10 nitrogen and oxygen atoms in total. The molecule has 0 aliphatic rings. The van der Waals surface area contributed by atoms with E-state index >= 15 is 0 Å². The zero-order valence-electron chi connectivity index (χ0n) is 63.1. The van der Waals surface area contributed by atoms with Crippen molar-refractivity contribution in [3.05, 3.63) is 376 Å². The fourth-order valence-electron chi connectivity index (χ4n) is 18.6. The Bertz CT molecular complexity index is 8320. The van der Waals surface area contributed by atoms with Gasteiger partial charge in [0, 0.05) is 135 Å². The molecule has 0 saturated carbocycles. The third kappa shape index (κ3) is 10.2. The number of hydrogen-bond acceptors (Lipinski definition) is 8. The van der Waals surface area contributed by atoms with E-state index in [4.69, 9.17) is 29.9 Å². The molecule has 548 valence electrons. The predicted octanol–water partition coefficient (Wildman–Crippen LogP) is 28.0. The third-order valence-corrected chi connectivity index (χ3v) is 26.2. The van der Waals surface area contributed by atoms with Crippen molar-refractivity contribution in [2.45, 2.75) is 0 Å². The second-order valence-electron chi connectivity index (χ2n) is 30.4. The van der Waals surface area contributed by atoms with Crippen molar-refractivity contribution < 1.29 is 0 Å². The highest BCUT2D eigenvalue weighted by Gasteiger charge is 2.27. The number of para-hydroxylation sites is 3. The fourth-order valence-corrected chi connectivity index (χ4v) is 20.9. The molecule has 8 heterocycles. The molecule has 0 N–H and O–H groups in total. The normalized spacial score (nSPS) is 12.1. The van der Waals surface area contributed by atoms with Gasteiger partial charge in [-0.15, -0.1) is 22.7 Å². The molecule has 0 aliphatic heterocycles. The maximum atomic E-state index is 5.27. The van der Waals surface area contributed by atoms with Gasteiger partial charge in [-0.3, -0.25) is 0 Å². The molecule has 118 heavy (non-hydrogen) atoms. The smallest absolute Gasteiger partial charge is 0.164 e. The van der Waals surface area contributed by atoms with Gasteiger partial charge in [-0.1, -0.05) is 261 Å². The Hall–Kier alpha value is -15.3. The van der Waals surface area contributed by atoms with Gasteiger partial charge in [0.05, 0.1) is 54.5 Å². The summed E-state index contributed by atoms with van der Waals surface area (Å²) in [5.74, 6) is 3.72. The first-order valence-electron chi connectivity index (χ1n) is 39.7. The average molecular weight is 1540 g/mol. The van der Waals surface area contributed by atoms with E-state index in [1.807, 2.05) is 95.5 Å². The molecule has 0 aliphatic carbocycles. The topological polar surface area (TPSA) is 97.1 Å². The van der Waals surface area contributed by atoms with Crippen molar-refractivity contribution in [2.24, 2.45) is 0 Å². The van der Waals surface area contributed by atoms with Crippen LogP contribution in [0.15, 0.2) is 376 Å². The van der Waals surface area contributed by atoms with Crippen LogP contribution in [-0.2, 0) is 0 Å². The van der Waals surface area contributed by atoms with Crippen LogP contribution in [0.25, 0.3) is 241 Å². The zero-order chi connectivity index (χ0) is 77.2. The first kappa shape index (κ1) is 66.1. The minimum atomic E-state index is 0.608.